The standard InChI is InChI=1S/C17H19ClN6O2/c1-10-8-24-15(17(26)19-10)14(21-22-24)16(25)20-13(9-23(2)3)11-4-6-12(18)7-5-11/h4-8,13H,9H2,1-3H3,(H,19,26)(H,20,25). The van der Waals surface area contributed by atoms with Crippen LogP contribution < -0.4 is 10.9 Å². The molecule has 1 atom stereocenters. The van der Waals surface area contributed by atoms with Crippen LogP contribution in [0, 0.1) is 6.92 Å². The second-order valence-electron chi connectivity index (χ2n) is 6.34. The van der Waals surface area contributed by atoms with E-state index >= 15 is 0 Å². The minimum Gasteiger partial charge on any atom is -0.342 e. The Hall–Kier alpha value is -2.71. The molecule has 0 bridgehead atoms. The van der Waals surface area contributed by atoms with E-state index in [0.29, 0.717) is 17.3 Å². The van der Waals surface area contributed by atoms with Crippen LogP contribution in [0.4, 0.5) is 0 Å². The number of hydrogen-bond acceptors (Lipinski definition) is 5. The number of nitrogens with one attached hydrogen (secondary N) is 2. The van der Waals surface area contributed by atoms with E-state index in [1.54, 1.807) is 25.3 Å². The maximum atomic E-state index is 12.8. The van der Waals surface area contributed by atoms with Crippen molar-refractivity contribution in [2.45, 2.75) is 13.0 Å². The number of carbonyl (C=O) groups excluding carboxylic acids is 1. The fourth-order valence-electron chi connectivity index (χ4n) is 2.72. The zero-order valence-corrected chi connectivity index (χ0v) is 15.4. The molecule has 0 saturated heterocycles. The minimum atomic E-state index is -0.462. The lowest BCUT2D eigenvalue weighted by molar-refractivity contribution is 0.0926. The summed E-state index contributed by atoms with van der Waals surface area (Å²) in [6.07, 6.45) is 1.61. The monoisotopic (exact) mass is 374 g/mol. The zero-order chi connectivity index (χ0) is 18.8. The lowest BCUT2D eigenvalue weighted by Gasteiger charge is -2.22. The smallest absolute Gasteiger partial charge is 0.276 e. The lowest BCUT2D eigenvalue weighted by atomic mass is 10.1. The summed E-state index contributed by atoms with van der Waals surface area (Å²) in [7, 11) is 3.83. The predicted molar refractivity (Wildman–Crippen MR) is 98.6 cm³/mol. The number of hydrogen-bond donors (Lipinski definition) is 2. The van der Waals surface area contributed by atoms with Gasteiger partial charge < -0.3 is 15.2 Å². The van der Waals surface area contributed by atoms with E-state index in [-0.39, 0.29) is 17.3 Å². The molecule has 3 rings (SSSR count). The molecule has 3 aromatic rings. The number of fused-ring (bicyclic) bond motifs is 1. The van der Waals surface area contributed by atoms with Gasteiger partial charge in [0.1, 0.15) is 0 Å². The molecule has 26 heavy (non-hydrogen) atoms. The predicted octanol–water partition coefficient (Wildman–Crippen LogP) is 1.41. The van der Waals surface area contributed by atoms with Gasteiger partial charge in [0.2, 0.25) is 0 Å². The van der Waals surface area contributed by atoms with Crippen molar-refractivity contribution in [3.8, 4) is 0 Å². The van der Waals surface area contributed by atoms with Gasteiger partial charge in [0.15, 0.2) is 11.2 Å². The molecule has 0 aliphatic rings. The summed E-state index contributed by atoms with van der Waals surface area (Å²) in [4.78, 5) is 29.6. The highest BCUT2D eigenvalue weighted by atomic mass is 35.5. The average Bonchev–Trinajstić information content (AvgIpc) is 2.98. The van der Waals surface area contributed by atoms with Crippen molar-refractivity contribution >= 4 is 23.0 Å². The molecule has 2 N–H and O–H groups in total. The highest BCUT2D eigenvalue weighted by Gasteiger charge is 2.22. The summed E-state index contributed by atoms with van der Waals surface area (Å²) in [6.45, 7) is 2.30. The van der Waals surface area contributed by atoms with Gasteiger partial charge in [-0.25, -0.2) is 4.52 Å². The number of carbonyl (C=O) groups is 1. The highest BCUT2D eigenvalue weighted by molar-refractivity contribution is 6.30. The summed E-state index contributed by atoms with van der Waals surface area (Å²) in [5.41, 5.74) is 1.23. The van der Waals surface area contributed by atoms with Gasteiger partial charge in [-0.05, 0) is 38.7 Å². The van der Waals surface area contributed by atoms with Crippen LogP contribution in [0.2, 0.25) is 5.02 Å². The van der Waals surface area contributed by atoms with Crippen molar-refractivity contribution in [2.75, 3.05) is 20.6 Å². The van der Waals surface area contributed by atoms with E-state index in [9.17, 15) is 9.59 Å². The van der Waals surface area contributed by atoms with Gasteiger partial charge >= 0.3 is 0 Å². The normalized spacial score (nSPS) is 12.5. The number of aromatic amines is 1. The Kier molecular flexibility index (Phi) is 5.06. The Morgan fingerprint density at radius 3 is 2.69 bits per heavy atom. The molecule has 0 saturated carbocycles. The zero-order valence-electron chi connectivity index (χ0n) is 14.7. The van der Waals surface area contributed by atoms with E-state index in [1.807, 2.05) is 31.1 Å². The van der Waals surface area contributed by atoms with E-state index in [4.69, 9.17) is 11.6 Å². The second kappa shape index (κ2) is 7.27. The molecule has 0 spiro atoms. The Balaban J connectivity index is 1.93. The molecule has 1 unspecified atom stereocenters. The number of amides is 1. The number of rotatable bonds is 5. The van der Waals surface area contributed by atoms with Gasteiger partial charge in [-0.15, -0.1) is 5.10 Å². The molecule has 0 aliphatic heterocycles. The number of H-pyrrole nitrogens is 1. The molecular weight excluding hydrogens is 356 g/mol. The van der Waals surface area contributed by atoms with E-state index < -0.39 is 11.5 Å². The van der Waals surface area contributed by atoms with Gasteiger partial charge in [0.25, 0.3) is 11.5 Å². The largest absolute Gasteiger partial charge is 0.342 e. The Bertz CT molecular complexity index is 993. The van der Waals surface area contributed by atoms with Crippen LogP contribution in [0.15, 0.2) is 35.3 Å². The molecule has 0 radical (unpaired) electrons. The van der Waals surface area contributed by atoms with E-state index in [1.165, 1.54) is 4.52 Å². The van der Waals surface area contributed by atoms with Crippen molar-refractivity contribution < 1.29 is 4.79 Å². The van der Waals surface area contributed by atoms with Crippen molar-refractivity contribution in [1.29, 1.82) is 0 Å². The number of likely N-dealkylation sites (N-methyl/N-ethyl adjacent to an activating group) is 1. The minimum absolute atomic E-state index is 0.0102. The van der Waals surface area contributed by atoms with E-state index in [0.717, 1.165) is 5.56 Å². The second-order valence-corrected chi connectivity index (χ2v) is 6.77. The van der Waals surface area contributed by atoms with Gasteiger partial charge in [0.05, 0.1) is 12.2 Å². The quantitative estimate of drug-likeness (QED) is 0.704. The molecule has 2 aromatic heterocycles. The molecule has 2 heterocycles. The first-order chi connectivity index (χ1) is 12.3. The van der Waals surface area contributed by atoms with Crippen molar-refractivity contribution in [2.24, 2.45) is 0 Å². The number of aryl methyl sites for hydroxylation is 1. The molecule has 136 valence electrons. The molecule has 0 fully saturated rings. The number of aromatic nitrogens is 4. The molecule has 1 aromatic carbocycles. The van der Waals surface area contributed by atoms with Crippen molar-refractivity contribution in [1.82, 2.24) is 30.0 Å². The first-order valence-corrected chi connectivity index (χ1v) is 8.39. The lowest BCUT2D eigenvalue weighted by Crippen LogP contribution is -2.36. The first-order valence-electron chi connectivity index (χ1n) is 8.01. The van der Waals surface area contributed by atoms with Crippen molar-refractivity contribution in [3.63, 3.8) is 0 Å². The fourth-order valence-corrected chi connectivity index (χ4v) is 2.85. The summed E-state index contributed by atoms with van der Waals surface area (Å²) in [5, 5.41) is 11.3. The summed E-state index contributed by atoms with van der Waals surface area (Å²) in [6, 6.07) is 6.96. The fraction of sp³-hybridized carbons (Fsp3) is 0.294. The topological polar surface area (TPSA) is 95.4 Å². The van der Waals surface area contributed by atoms with Gasteiger partial charge in [-0.3, -0.25) is 9.59 Å². The van der Waals surface area contributed by atoms with Crippen molar-refractivity contribution in [3.05, 3.63) is 62.8 Å². The Morgan fingerprint density at radius 1 is 1.35 bits per heavy atom. The number of benzene rings is 1. The van der Waals surface area contributed by atoms with Crippen LogP contribution in [0.3, 0.4) is 0 Å². The molecule has 1 amide bonds. The maximum Gasteiger partial charge on any atom is 0.276 e. The van der Waals surface area contributed by atoms with Crippen LogP contribution in [-0.2, 0) is 0 Å². The SMILES string of the molecule is Cc1cn2nnc(C(=O)NC(CN(C)C)c3ccc(Cl)cc3)c2c(=O)[nH]1. The molecular formula is C17H19ClN6O2. The number of halogens is 1. The molecule has 8 nitrogen and oxygen atoms in total. The Morgan fingerprint density at radius 2 is 2.04 bits per heavy atom. The number of nitrogens with zero attached hydrogens (tertiary/aromatic N) is 4. The van der Waals surface area contributed by atoms with Crippen LogP contribution in [0.5, 0.6) is 0 Å². The van der Waals surface area contributed by atoms with Crippen LogP contribution in [0.25, 0.3) is 5.52 Å². The van der Waals surface area contributed by atoms with Crippen LogP contribution >= 0.6 is 11.6 Å². The van der Waals surface area contributed by atoms with Gasteiger partial charge in [0, 0.05) is 17.3 Å². The Labute approximate surface area is 154 Å². The van der Waals surface area contributed by atoms with Crippen LogP contribution in [0.1, 0.15) is 27.8 Å². The van der Waals surface area contributed by atoms with E-state index in [2.05, 4.69) is 20.6 Å². The average molecular weight is 375 g/mol. The molecule has 9 heteroatoms. The third kappa shape index (κ3) is 3.76. The summed E-state index contributed by atoms with van der Waals surface area (Å²) in [5.74, 6) is -0.462. The van der Waals surface area contributed by atoms with Gasteiger partial charge in [-0.2, -0.15) is 0 Å². The molecule has 0 aliphatic carbocycles. The maximum absolute atomic E-state index is 12.8. The third-order valence-corrected chi connectivity index (χ3v) is 4.13. The first kappa shape index (κ1) is 18.1. The summed E-state index contributed by atoms with van der Waals surface area (Å²) < 4.78 is 1.31. The van der Waals surface area contributed by atoms with Crippen LogP contribution in [-0.4, -0.2) is 51.3 Å². The highest BCUT2D eigenvalue weighted by Crippen LogP contribution is 2.18. The third-order valence-electron chi connectivity index (χ3n) is 3.88. The summed E-state index contributed by atoms with van der Waals surface area (Å²) >= 11 is 5.95. The van der Waals surface area contributed by atoms with Gasteiger partial charge in [-0.1, -0.05) is 28.9 Å².